The van der Waals surface area contributed by atoms with Crippen LogP contribution in [0.3, 0.4) is 0 Å². The number of hydrogen-bond acceptors (Lipinski definition) is 2. The van der Waals surface area contributed by atoms with Crippen molar-refractivity contribution >= 4 is 0 Å². The van der Waals surface area contributed by atoms with Crippen LogP contribution in [0.1, 0.15) is 80.5 Å². The lowest BCUT2D eigenvalue weighted by Crippen LogP contribution is -2.16. The smallest absolute Gasteiger partial charge is 0.119 e. The fourth-order valence-corrected chi connectivity index (χ4v) is 4.23. The molecule has 0 saturated heterocycles. The van der Waals surface area contributed by atoms with E-state index in [1.165, 1.54) is 42.4 Å². The summed E-state index contributed by atoms with van der Waals surface area (Å²) in [5.41, 5.74) is 4.96. The van der Waals surface area contributed by atoms with Gasteiger partial charge in [0.2, 0.25) is 0 Å². The van der Waals surface area contributed by atoms with E-state index in [-0.39, 0.29) is 5.41 Å². The van der Waals surface area contributed by atoms with Crippen molar-refractivity contribution in [3.8, 4) is 11.5 Å². The molecule has 2 heteroatoms. The summed E-state index contributed by atoms with van der Waals surface area (Å²) in [6.07, 6.45) is 4.72. The van der Waals surface area contributed by atoms with Crippen molar-refractivity contribution in [3.63, 3.8) is 0 Å². The molecule has 134 valence electrons. The summed E-state index contributed by atoms with van der Waals surface area (Å²) in [7, 11) is 0. The molecule has 1 aliphatic rings. The highest BCUT2D eigenvalue weighted by Crippen LogP contribution is 2.43. The van der Waals surface area contributed by atoms with Gasteiger partial charge in [-0.05, 0) is 90.3 Å². The van der Waals surface area contributed by atoms with Crippen LogP contribution in [0.5, 0.6) is 11.5 Å². The van der Waals surface area contributed by atoms with Crippen LogP contribution in [0.15, 0.2) is 36.4 Å². The molecule has 25 heavy (non-hydrogen) atoms. The molecule has 2 aromatic carbocycles. The predicted octanol–water partition coefficient (Wildman–Crippen LogP) is 6.15. The van der Waals surface area contributed by atoms with Gasteiger partial charge in [-0.15, -0.1) is 0 Å². The highest BCUT2D eigenvalue weighted by molar-refractivity contribution is 5.46. The number of aromatic hydroxyl groups is 2. The van der Waals surface area contributed by atoms with Gasteiger partial charge in [0.25, 0.3) is 0 Å². The first-order valence-electron chi connectivity index (χ1n) is 9.38. The van der Waals surface area contributed by atoms with Gasteiger partial charge >= 0.3 is 0 Å². The van der Waals surface area contributed by atoms with Gasteiger partial charge < -0.3 is 10.2 Å². The number of phenolic OH excluding ortho intramolecular Hbond substituents is 2. The topological polar surface area (TPSA) is 40.5 Å². The lowest BCUT2D eigenvalue weighted by molar-refractivity contribution is 0.393. The summed E-state index contributed by atoms with van der Waals surface area (Å²) in [5, 5.41) is 19.8. The van der Waals surface area contributed by atoms with E-state index in [2.05, 4.69) is 45.9 Å². The Hall–Kier alpha value is -1.96. The van der Waals surface area contributed by atoms with Gasteiger partial charge in [0.15, 0.2) is 0 Å². The quantitative estimate of drug-likeness (QED) is 0.690. The average molecular weight is 338 g/mol. The Labute approximate surface area is 151 Å². The summed E-state index contributed by atoms with van der Waals surface area (Å²) in [5.74, 6) is 1.94. The van der Waals surface area contributed by atoms with Crippen LogP contribution in [0.25, 0.3) is 0 Å². The zero-order valence-corrected chi connectivity index (χ0v) is 15.8. The van der Waals surface area contributed by atoms with E-state index in [0.29, 0.717) is 23.3 Å². The highest BCUT2D eigenvalue weighted by atomic mass is 16.3. The predicted molar refractivity (Wildman–Crippen MR) is 104 cm³/mol. The third-order valence-electron chi connectivity index (χ3n) is 5.72. The first-order chi connectivity index (χ1) is 11.8. The molecule has 1 fully saturated rings. The zero-order valence-electron chi connectivity index (χ0n) is 15.8. The van der Waals surface area contributed by atoms with Gasteiger partial charge in [-0.1, -0.05) is 39.0 Å². The van der Waals surface area contributed by atoms with Crippen molar-refractivity contribution in [2.75, 3.05) is 0 Å². The Kier molecular flexibility index (Phi) is 4.81. The Balaban J connectivity index is 1.78. The van der Waals surface area contributed by atoms with Crippen LogP contribution >= 0.6 is 0 Å². The largest absolute Gasteiger partial charge is 0.508 e. The second-order valence-electron chi connectivity index (χ2n) is 8.62. The van der Waals surface area contributed by atoms with Crippen LogP contribution in [0.4, 0.5) is 0 Å². The normalized spacial score (nSPS) is 21.3. The Morgan fingerprint density at radius 2 is 1.40 bits per heavy atom. The molecule has 0 atom stereocenters. The third-order valence-corrected chi connectivity index (χ3v) is 5.72. The van der Waals surface area contributed by atoms with Crippen molar-refractivity contribution in [2.45, 2.75) is 70.6 Å². The van der Waals surface area contributed by atoms with Gasteiger partial charge in [0.05, 0.1) is 0 Å². The second-order valence-corrected chi connectivity index (χ2v) is 8.62. The molecule has 0 aliphatic heterocycles. The monoisotopic (exact) mass is 338 g/mol. The maximum absolute atomic E-state index is 10.3. The maximum Gasteiger partial charge on any atom is 0.119 e. The summed E-state index contributed by atoms with van der Waals surface area (Å²) in [6.45, 7) is 8.59. The molecule has 0 aromatic heterocycles. The van der Waals surface area contributed by atoms with Crippen LogP contribution in [-0.2, 0) is 5.41 Å². The summed E-state index contributed by atoms with van der Waals surface area (Å²) < 4.78 is 0. The first kappa shape index (κ1) is 17.8. The van der Waals surface area contributed by atoms with Crippen LogP contribution in [0, 0.1) is 6.92 Å². The Morgan fingerprint density at radius 3 is 1.96 bits per heavy atom. The molecule has 2 N–H and O–H groups in total. The zero-order chi connectivity index (χ0) is 18.2. The van der Waals surface area contributed by atoms with Crippen molar-refractivity contribution < 1.29 is 10.2 Å². The molecule has 0 radical (unpaired) electrons. The second kappa shape index (κ2) is 6.74. The minimum atomic E-state index is -0.0459. The molecule has 1 aliphatic carbocycles. The fourth-order valence-electron chi connectivity index (χ4n) is 4.23. The molecule has 1 saturated carbocycles. The molecule has 0 unspecified atom stereocenters. The number of aryl methyl sites for hydroxylation is 1. The first-order valence-corrected chi connectivity index (χ1v) is 9.38. The van der Waals surface area contributed by atoms with Crippen LogP contribution in [-0.4, -0.2) is 10.2 Å². The molecule has 2 nitrogen and oxygen atoms in total. The van der Waals surface area contributed by atoms with Crippen molar-refractivity contribution in [3.05, 3.63) is 58.7 Å². The lowest BCUT2D eigenvalue weighted by atomic mass is 9.74. The highest BCUT2D eigenvalue weighted by Gasteiger charge is 2.27. The van der Waals surface area contributed by atoms with E-state index in [4.69, 9.17) is 0 Å². The number of hydrogen-bond donors (Lipinski definition) is 2. The number of rotatable bonds is 2. The van der Waals surface area contributed by atoms with Gasteiger partial charge in [-0.2, -0.15) is 0 Å². The summed E-state index contributed by atoms with van der Waals surface area (Å²) in [4.78, 5) is 0. The van der Waals surface area contributed by atoms with E-state index in [0.717, 1.165) is 5.56 Å². The number of benzene rings is 2. The maximum atomic E-state index is 10.3. The van der Waals surface area contributed by atoms with Crippen LogP contribution < -0.4 is 0 Å². The Bertz CT molecular complexity index is 730. The average Bonchev–Trinajstić information content (AvgIpc) is 2.55. The molecule has 0 amide bonds. The third kappa shape index (κ3) is 3.84. The van der Waals surface area contributed by atoms with Crippen molar-refractivity contribution in [1.29, 1.82) is 0 Å². The standard InChI is InChI=1S/C23H30O2/c1-15-13-22(25)21(23(2,3)4)14-20(15)18-7-5-16(6-8-18)17-9-11-19(24)12-10-17/h9-14,16,18,24-25H,5-8H2,1-4H3. The van der Waals surface area contributed by atoms with E-state index in [9.17, 15) is 10.2 Å². The molecule has 2 aromatic rings. The van der Waals surface area contributed by atoms with Gasteiger partial charge in [0, 0.05) is 0 Å². The van der Waals surface area contributed by atoms with E-state index >= 15 is 0 Å². The molecule has 0 spiro atoms. The number of phenols is 2. The van der Waals surface area contributed by atoms with Crippen molar-refractivity contribution in [2.24, 2.45) is 0 Å². The molecule has 3 rings (SSSR count). The van der Waals surface area contributed by atoms with Crippen LogP contribution in [0.2, 0.25) is 0 Å². The van der Waals surface area contributed by atoms with E-state index < -0.39 is 0 Å². The van der Waals surface area contributed by atoms with E-state index in [1.54, 1.807) is 12.1 Å². The van der Waals surface area contributed by atoms with Gasteiger partial charge in [0.1, 0.15) is 11.5 Å². The molecule has 0 bridgehead atoms. The minimum Gasteiger partial charge on any atom is -0.508 e. The Morgan fingerprint density at radius 1 is 0.840 bits per heavy atom. The SMILES string of the molecule is Cc1cc(O)c(C(C)(C)C)cc1C1CCC(c2ccc(O)cc2)CC1. The van der Waals surface area contributed by atoms with E-state index in [1.807, 2.05) is 6.07 Å². The van der Waals surface area contributed by atoms with Crippen molar-refractivity contribution in [1.82, 2.24) is 0 Å². The molecular formula is C23H30O2. The molecule has 0 heterocycles. The van der Waals surface area contributed by atoms with Gasteiger partial charge in [-0.25, -0.2) is 0 Å². The fraction of sp³-hybridized carbons (Fsp3) is 0.478. The summed E-state index contributed by atoms with van der Waals surface area (Å²) in [6, 6.07) is 11.9. The van der Waals surface area contributed by atoms with Gasteiger partial charge in [-0.3, -0.25) is 0 Å². The minimum absolute atomic E-state index is 0.0459. The lowest BCUT2D eigenvalue weighted by Gasteiger charge is -2.31. The molecular weight excluding hydrogens is 308 g/mol. The summed E-state index contributed by atoms with van der Waals surface area (Å²) >= 11 is 0.